The second-order valence-corrected chi connectivity index (χ2v) is 5.22. The first kappa shape index (κ1) is 9.99. The van der Waals surface area contributed by atoms with Crippen LogP contribution < -0.4 is 0 Å². The van der Waals surface area contributed by atoms with Crippen LogP contribution in [0, 0.1) is 0 Å². The van der Waals surface area contributed by atoms with E-state index in [1.165, 1.54) is 0 Å². The van der Waals surface area contributed by atoms with Gasteiger partial charge < -0.3 is 4.74 Å². The van der Waals surface area contributed by atoms with Gasteiger partial charge >= 0.3 is 0 Å². The van der Waals surface area contributed by atoms with Crippen LogP contribution in [-0.2, 0) is 15.3 Å². The maximum atomic E-state index is 11.4. The average molecular weight is 191 g/mol. The molecule has 3 nitrogen and oxygen atoms in total. The van der Waals surface area contributed by atoms with E-state index in [1.54, 1.807) is 0 Å². The molecule has 1 rings (SSSR count). The molecule has 0 N–H and O–H groups in total. The van der Waals surface area contributed by atoms with Crippen LogP contribution in [0.1, 0.15) is 26.7 Å². The van der Waals surface area contributed by atoms with Gasteiger partial charge in [-0.3, -0.25) is 4.21 Å². The van der Waals surface area contributed by atoms with E-state index >= 15 is 0 Å². The molecule has 0 aromatic heterocycles. The highest BCUT2D eigenvalue weighted by Crippen LogP contribution is 2.11. The van der Waals surface area contributed by atoms with Gasteiger partial charge in [-0.25, -0.2) is 4.36 Å². The fraction of sp³-hybridized carbons (Fsp3) is 1.00. The zero-order chi connectivity index (χ0) is 8.97. The van der Waals surface area contributed by atoms with Crippen molar-refractivity contribution in [2.75, 3.05) is 13.2 Å². The van der Waals surface area contributed by atoms with Crippen molar-refractivity contribution in [3.63, 3.8) is 0 Å². The third-order valence-electron chi connectivity index (χ3n) is 1.91. The Morgan fingerprint density at radius 2 is 2.00 bits per heavy atom. The van der Waals surface area contributed by atoms with E-state index in [4.69, 9.17) is 4.74 Å². The van der Waals surface area contributed by atoms with Crippen molar-refractivity contribution < 1.29 is 8.95 Å². The molecule has 0 radical (unpaired) electrons. The van der Waals surface area contributed by atoms with Crippen LogP contribution in [0.25, 0.3) is 0 Å². The zero-order valence-electron chi connectivity index (χ0n) is 7.69. The van der Waals surface area contributed by atoms with Gasteiger partial charge in [-0.1, -0.05) is 13.8 Å². The lowest BCUT2D eigenvalue weighted by Gasteiger charge is -2.17. The smallest absolute Gasteiger partial charge is 0.0635 e. The summed E-state index contributed by atoms with van der Waals surface area (Å²) in [5.74, 6) is 0. The predicted molar refractivity (Wildman–Crippen MR) is 50.9 cm³/mol. The van der Waals surface area contributed by atoms with Crippen LogP contribution in [0.5, 0.6) is 0 Å². The van der Waals surface area contributed by atoms with Crippen molar-refractivity contribution >= 4 is 10.6 Å². The lowest BCUT2D eigenvalue weighted by molar-refractivity contribution is 0.0875. The van der Waals surface area contributed by atoms with E-state index in [1.807, 2.05) is 13.8 Å². The number of thiol groups is 1. The molecular formula is C8H17NO2S. The molecule has 0 aliphatic carbocycles. The van der Waals surface area contributed by atoms with Crippen LogP contribution >= 0.6 is 0 Å². The van der Waals surface area contributed by atoms with E-state index in [0.29, 0.717) is 0 Å². The summed E-state index contributed by atoms with van der Waals surface area (Å²) in [6, 6.07) is 0.282. The van der Waals surface area contributed by atoms with Crippen LogP contribution in [-0.4, -0.2) is 28.7 Å². The van der Waals surface area contributed by atoms with Crippen molar-refractivity contribution in [2.45, 2.75) is 38.0 Å². The Bertz CT molecular complexity index is 203. The largest absolute Gasteiger partial charge is 0.381 e. The Morgan fingerprint density at radius 3 is 2.50 bits per heavy atom. The Hall–Kier alpha value is -0.0900. The SMILES string of the molecule is CC(C)[SH](=O)=NC1CCOCC1. The molecule has 0 aromatic rings. The molecule has 1 atom stereocenters. The first-order valence-electron chi connectivity index (χ1n) is 4.45. The molecule has 1 aliphatic rings. The van der Waals surface area contributed by atoms with Gasteiger partial charge in [-0.05, 0) is 12.8 Å². The predicted octanol–water partition coefficient (Wildman–Crippen LogP) is 1.24. The van der Waals surface area contributed by atoms with Crippen molar-refractivity contribution in [1.82, 2.24) is 0 Å². The lowest BCUT2D eigenvalue weighted by atomic mass is 10.1. The lowest BCUT2D eigenvalue weighted by Crippen LogP contribution is -2.19. The quantitative estimate of drug-likeness (QED) is 0.667. The van der Waals surface area contributed by atoms with Gasteiger partial charge in [0.05, 0.1) is 6.04 Å². The molecule has 0 spiro atoms. The van der Waals surface area contributed by atoms with E-state index in [9.17, 15) is 4.21 Å². The van der Waals surface area contributed by atoms with Gasteiger partial charge in [-0.15, -0.1) is 0 Å². The molecule has 1 saturated heterocycles. The molecule has 1 heterocycles. The number of hydrogen-bond donors (Lipinski definition) is 1. The Kier molecular flexibility index (Phi) is 4.01. The molecule has 72 valence electrons. The number of ether oxygens (including phenoxy) is 1. The average Bonchev–Trinajstić information content (AvgIpc) is 2.06. The van der Waals surface area contributed by atoms with Crippen LogP contribution in [0.4, 0.5) is 0 Å². The summed E-state index contributed by atoms with van der Waals surface area (Å²) < 4.78 is 20.8. The monoisotopic (exact) mass is 191 g/mol. The van der Waals surface area contributed by atoms with Crippen molar-refractivity contribution in [3.05, 3.63) is 0 Å². The highest BCUT2D eigenvalue weighted by Gasteiger charge is 2.12. The number of rotatable bonds is 2. The third kappa shape index (κ3) is 3.11. The topological polar surface area (TPSA) is 38.7 Å². The second-order valence-electron chi connectivity index (χ2n) is 3.36. The number of nitrogens with zero attached hydrogens (tertiary/aromatic N) is 1. The van der Waals surface area contributed by atoms with Crippen molar-refractivity contribution in [2.24, 2.45) is 4.36 Å². The van der Waals surface area contributed by atoms with E-state index in [0.717, 1.165) is 26.1 Å². The third-order valence-corrected chi connectivity index (χ3v) is 3.35. The highest BCUT2D eigenvalue weighted by atomic mass is 32.2. The molecule has 1 aliphatic heterocycles. The minimum absolute atomic E-state index is 0.183. The van der Waals surface area contributed by atoms with Gasteiger partial charge in [0.25, 0.3) is 0 Å². The maximum absolute atomic E-state index is 11.4. The zero-order valence-corrected chi connectivity index (χ0v) is 8.59. The van der Waals surface area contributed by atoms with Gasteiger partial charge in [0, 0.05) is 29.1 Å². The Morgan fingerprint density at radius 1 is 1.42 bits per heavy atom. The first-order valence-corrected chi connectivity index (χ1v) is 5.73. The molecule has 0 bridgehead atoms. The minimum atomic E-state index is -1.34. The van der Waals surface area contributed by atoms with Crippen molar-refractivity contribution in [3.8, 4) is 0 Å². The van der Waals surface area contributed by atoms with E-state index in [2.05, 4.69) is 4.36 Å². The molecule has 0 amide bonds. The standard InChI is InChI=1S/C8H17NO2S/c1-7(2)12(10)9-8-3-5-11-6-4-8/h7-8,12H,3-6H2,1-2H3. The van der Waals surface area contributed by atoms with Crippen LogP contribution in [0.3, 0.4) is 0 Å². The van der Waals surface area contributed by atoms with Crippen LogP contribution in [0.2, 0.25) is 0 Å². The summed E-state index contributed by atoms with van der Waals surface area (Å²) in [5.41, 5.74) is 0. The Balaban J connectivity index is 2.47. The molecule has 1 fully saturated rings. The highest BCUT2D eigenvalue weighted by molar-refractivity contribution is 7.75. The molecular weight excluding hydrogens is 174 g/mol. The van der Waals surface area contributed by atoms with Gasteiger partial charge in [0.1, 0.15) is 0 Å². The fourth-order valence-corrected chi connectivity index (χ4v) is 1.91. The van der Waals surface area contributed by atoms with Crippen molar-refractivity contribution in [1.29, 1.82) is 0 Å². The Labute approximate surface area is 75.7 Å². The molecule has 4 heteroatoms. The van der Waals surface area contributed by atoms with Gasteiger partial charge in [-0.2, -0.15) is 0 Å². The summed E-state index contributed by atoms with van der Waals surface area (Å²) in [6.45, 7) is 5.44. The first-order chi connectivity index (χ1) is 5.70. The normalized spacial score (nSPS) is 23.2. The fourth-order valence-electron chi connectivity index (χ4n) is 1.09. The van der Waals surface area contributed by atoms with E-state index in [-0.39, 0.29) is 11.3 Å². The molecule has 1 unspecified atom stereocenters. The van der Waals surface area contributed by atoms with Crippen LogP contribution in [0.15, 0.2) is 4.36 Å². The molecule has 0 aromatic carbocycles. The molecule has 0 saturated carbocycles. The number of hydrogen-bond acceptors (Lipinski definition) is 3. The van der Waals surface area contributed by atoms with Gasteiger partial charge in [0.15, 0.2) is 0 Å². The minimum Gasteiger partial charge on any atom is -0.381 e. The summed E-state index contributed by atoms with van der Waals surface area (Å²) in [7, 11) is -1.34. The molecule has 12 heavy (non-hydrogen) atoms. The summed E-state index contributed by atoms with van der Waals surface area (Å²) in [6.07, 6.45) is 1.88. The summed E-state index contributed by atoms with van der Waals surface area (Å²) in [5, 5.41) is 0.183. The summed E-state index contributed by atoms with van der Waals surface area (Å²) >= 11 is 0. The second kappa shape index (κ2) is 4.82. The van der Waals surface area contributed by atoms with Gasteiger partial charge in [0.2, 0.25) is 0 Å². The maximum Gasteiger partial charge on any atom is 0.0635 e. The van der Waals surface area contributed by atoms with E-state index < -0.39 is 10.6 Å². The summed E-state index contributed by atoms with van der Waals surface area (Å²) in [4.78, 5) is 0.